The van der Waals surface area contributed by atoms with E-state index in [0.29, 0.717) is 0 Å². The van der Waals surface area contributed by atoms with Crippen molar-refractivity contribution < 1.29 is 0 Å². The van der Waals surface area contributed by atoms with Gasteiger partial charge in [-0.1, -0.05) is 0 Å². The van der Waals surface area contributed by atoms with Crippen LogP contribution in [0.1, 0.15) is 4.88 Å². The van der Waals surface area contributed by atoms with E-state index in [0.717, 1.165) is 9.44 Å². The van der Waals surface area contributed by atoms with Gasteiger partial charge in [0, 0.05) is 24.3 Å². The first-order valence-electron chi connectivity index (χ1n) is 4.53. The SMILES string of the molecule is Cn1cc(N)c(=O)n(Cc2cncs2)c1=O. The molecule has 0 aliphatic carbocycles. The molecule has 0 aliphatic heterocycles. The van der Waals surface area contributed by atoms with E-state index in [1.54, 1.807) is 18.8 Å². The van der Waals surface area contributed by atoms with E-state index in [1.165, 1.54) is 22.1 Å². The molecular weight excluding hydrogens is 228 g/mol. The maximum absolute atomic E-state index is 11.7. The summed E-state index contributed by atoms with van der Waals surface area (Å²) in [6.07, 6.45) is 2.95. The van der Waals surface area contributed by atoms with Gasteiger partial charge in [-0.15, -0.1) is 11.3 Å². The van der Waals surface area contributed by atoms with Crippen molar-refractivity contribution >= 4 is 17.0 Å². The average molecular weight is 238 g/mol. The topological polar surface area (TPSA) is 82.9 Å². The number of aromatic nitrogens is 3. The summed E-state index contributed by atoms with van der Waals surface area (Å²) in [6, 6.07) is 0. The molecule has 0 unspecified atom stereocenters. The summed E-state index contributed by atoms with van der Waals surface area (Å²) in [7, 11) is 1.56. The van der Waals surface area contributed by atoms with Crippen molar-refractivity contribution in [3.63, 3.8) is 0 Å². The fraction of sp³-hybridized carbons (Fsp3) is 0.222. The third-order valence-electron chi connectivity index (χ3n) is 2.15. The van der Waals surface area contributed by atoms with Crippen LogP contribution in [0.5, 0.6) is 0 Å². The van der Waals surface area contributed by atoms with Gasteiger partial charge in [0.05, 0.1) is 12.1 Å². The number of aryl methyl sites for hydroxylation is 1. The van der Waals surface area contributed by atoms with E-state index in [2.05, 4.69) is 4.98 Å². The minimum Gasteiger partial charge on any atom is -0.393 e. The molecular formula is C9H10N4O2S. The molecule has 0 amide bonds. The van der Waals surface area contributed by atoms with E-state index in [9.17, 15) is 9.59 Å². The third-order valence-corrected chi connectivity index (χ3v) is 2.92. The molecule has 16 heavy (non-hydrogen) atoms. The first kappa shape index (κ1) is 10.6. The second-order valence-corrected chi connectivity index (χ2v) is 4.31. The second kappa shape index (κ2) is 3.93. The maximum Gasteiger partial charge on any atom is 0.331 e. The highest BCUT2D eigenvalue weighted by atomic mass is 32.1. The Bertz CT molecular complexity index is 577. The predicted molar refractivity (Wildman–Crippen MR) is 61.6 cm³/mol. The van der Waals surface area contributed by atoms with Crippen molar-refractivity contribution in [2.24, 2.45) is 7.05 Å². The zero-order valence-corrected chi connectivity index (χ0v) is 9.40. The Morgan fingerprint density at radius 3 is 2.88 bits per heavy atom. The van der Waals surface area contributed by atoms with Crippen molar-refractivity contribution in [3.05, 3.63) is 43.6 Å². The number of hydrogen-bond donors (Lipinski definition) is 1. The molecule has 0 saturated carbocycles. The monoisotopic (exact) mass is 238 g/mol. The lowest BCUT2D eigenvalue weighted by molar-refractivity contribution is 0.647. The van der Waals surface area contributed by atoms with E-state index in [1.807, 2.05) is 0 Å². The Morgan fingerprint density at radius 2 is 2.25 bits per heavy atom. The Kier molecular flexibility index (Phi) is 2.61. The van der Waals surface area contributed by atoms with Crippen molar-refractivity contribution in [1.82, 2.24) is 14.1 Å². The van der Waals surface area contributed by atoms with Gasteiger partial charge in [0.15, 0.2) is 0 Å². The van der Waals surface area contributed by atoms with Crippen LogP contribution in [-0.2, 0) is 13.6 Å². The maximum atomic E-state index is 11.7. The quantitative estimate of drug-likeness (QED) is 0.774. The molecule has 0 aliphatic rings. The molecule has 0 aromatic carbocycles. The molecule has 0 saturated heterocycles. The Morgan fingerprint density at radius 1 is 1.50 bits per heavy atom. The molecule has 0 bridgehead atoms. The van der Waals surface area contributed by atoms with Crippen molar-refractivity contribution in [1.29, 1.82) is 0 Å². The predicted octanol–water partition coefficient (Wildman–Crippen LogP) is -0.366. The Labute approximate surface area is 94.6 Å². The summed E-state index contributed by atoms with van der Waals surface area (Å²) < 4.78 is 2.39. The molecule has 2 aromatic heterocycles. The molecule has 2 heterocycles. The fourth-order valence-electron chi connectivity index (χ4n) is 1.37. The van der Waals surface area contributed by atoms with Gasteiger partial charge < -0.3 is 10.3 Å². The highest BCUT2D eigenvalue weighted by Gasteiger charge is 2.08. The molecule has 6 nitrogen and oxygen atoms in total. The lowest BCUT2D eigenvalue weighted by atomic mass is 10.4. The number of thiazole rings is 1. The standard InChI is InChI=1S/C9H10N4O2S/c1-12-4-7(10)8(14)13(9(12)15)3-6-2-11-5-16-6/h2,4-5H,3,10H2,1H3. The van der Waals surface area contributed by atoms with Gasteiger partial charge in [0.1, 0.15) is 5.69 Å². The highest BCUT2D eigenvalue weighted by Crippen LogP contribution is 2.05. The normalized spacial score (nSPS) is 10.6. The van der Waals surface area contributed by atoms with Crippen LogP contribution in [0, 0.1) is 0 Å². The van der Waals surface area contributed by atoms with Crippen molar-refractivity contribution in [2.75, 3.05) is 5.73 Å². The number of anilines is 1. The number of hydrogen-bond acceptors (Lipinski definition) is 5. The summed E-state index contributed by atoms with van der Waals surface area (Å²) in [6.45, 7) is 0.210. The number of nitrogens with two attached hydrogens (primary N) is 1. The third kappa shape index (κ3) is 1.76. The van der Waals surface area contributed by atoms with Crippen LogP contribution in [0.3, 0.4) is 0 Å². The molecule has 0 fully saturated rings. The summed E-state index contributed by atoms with van der Waals surface area (Å²) >= 11 is 1.39. The highest BCUT2D eigenvalue weighted by molar-refractivity contribution is 7.09. The van der Waals surface area contributed by atoms with Gasteiger partial charge in [0.2, 0.25) is 0 Å². The van der Waals surface area contributed by atoms with Crippen molar-refractivity contribution in [3.8, 4) is 0 Å². The summed E-state index contributed by atoms with van der Waals surface area (Å²) in [5, 5.41) is 0. The molecule has 0 radical (unpaired) electrons. The minimum absolute atomic E-state index is 0.0617. The number of rotatable bonds is 2. The van der Waals surface area contributed by atoms with Crippen LogP contribution < -0.4 is 17.0 Å². The molecule has 0 spiro atoms. The summed E-state index contributed by atoms with van der Waals surface area (Å²) in [5.74, 6) is 0. The zero-order valence-electron chi connectivity index (χ0n) is 8.58. The Balaban J connectivity index is 2.56. The number of nitrogen functional groups attached to an aromatic ring is 1. The van der Waals surface area contributed by atoms with E-state index in [4.69, 9.17) is 5.73 Å². The van der Waals surface area contributed by atoms with Crippen LogP contribution in [0.2, 0.25) is 0 Å². The molecule has 2 rings (SSSR count). The van der Waals surface area contributed by atoms with Gasteiger partial charge in [-0.05, 0) is 0 Å². The smallest absolute Gasteiger partial charge is 0.331 e. The van der Waals surface area contributed by atoms with Gasteiger partial charge in [-0.25, -0.2) is 4.79 Å². The largest absolute Gasteiger partial charge is 0.393 e. The fourth-order valence-corrected chi connectivity index (χ4v) is 1.95. The zero-order chi connectivity index (χ0) is 11.7. The van der Waals surface area contributed by atoms with Crippen LogP contribution in [-0.4, -0.2) is 14.1 Å². The summed E-state index contributed by atoms with van der Waals surface area (Å²) in [4.78, 5) is 28.1. The molecule has 2 N–H and O–H groups in total. The van der Waals surface area contributed by atoms with Crippen LogP contribution in [0.15, 0.2) is 27.5 Å². The van der Waals surface area contributed by atoms with Crippen LogP contribution >= 0.6 is 11.3 Å². The van der Waals surface area contributed by atoms with Gasteiger partial charge in [-0.2, -0.15) is 0 Å². The lowest BCUT2D eigenvalue weighted by Gasteiger charge is -2.06. The van der Waals surface area contributed by atoms with E-state index < -0.39 is 5.56 Å². The first-order chi connectivity index (χ1) is 7.59. The lowest BCUT2D eigenvalue weighted by Crippen LogP contribution is -2.39. The second-order valence-electron chi connectivity index (χ2n) is 3.34. The van der Waals surface area contributed by atoms with Gasteiger partial charge in [0.25, 0.3) is 5.56 Å². The summed E-state index contributed by atoms with van der Waals surface area (Å²) in [5.41, 5.74) is 6.38. The van der Waals surface area contributed by atoms with Crippen LogP contribution in [0.25, 0.3) is 0 Å². The average Bonchev–Trinajstić information content (AvgIpc) is 2.74. The van der Waals surface area contributed by atoms with Gasteiger partial charge >= 0.3 is 5.69 Å². The van der Waals surface area contributed by atoms with Crippen LogP contribution in [0.4, 0.5) is 5.69 Å². The Hall–Kier alpha value is -1.89. The molecule has 0 atom stereocenters. The van der Waals surface area contributed by atoms with Crippen molar-refractivity contribution in [2.45, 2.75) is 6.54 Å². The molecule has 84 valence electrons. The minimum atomic E-state index is -0.462. The number of nitrogens with zero attached hydrogens (tertiary/aromatic N) is 3. The molecule has 7 heteroatoms. The molecule has 2 aromatic rings. The van der Waals surface area contributed by atoms with E-state index >= 15 is 0 Å². The van der Waals surface area contributed by atoms with Gasteiger partial charge in [-0.3, -0.25) is 14.3 Å². The van der Waals surface area contributed by atoms with E-state index in [-0.39, 0.29) is 17.9 Å². The first-order valence-corrected chi connectivity index (χ1v) is 5.41.